The number of hydrogen-bond acceptors (Lipinski definition) is 4. The van der Waals surface area contributed by atoms with Crippen LogP contribution in [0.2, 0.25) is 0 Å². The third-order valence-electron chi connectivity index (χ3n) is 5.98. The number of halogens is 1. The second kappa shape index (κ2) is 9.96. The van der Waals surface area contributed by atoms with E-state index in [4.69, 9.17) is 4.42 Å². The van der Waals surface area contributed by atoms with Gasteiger partial charge in [-0.25, -0.2) is 12.8 Å². The summed E-state index contributed by atoms with van der Waals surface area (Å²) in [5.74, 6) is 0.196. The van der Waals surface area contributed by atoms with Gasteiger partial charge in [-0.15, -0.1) is 0 Å². The van der Waals surface area contributed by atoms with Gasteiger partial charge in [0, 0.05) is 41.9 Å². The SMILES string of the molecule is C=C(NC)c1c(-c2ccc(F)cc2)oc2cc(N(CCCC)S(C)(=O)=O)c(-c3ccccc3)cc12. The van der Waals surface area contributed by atoms with E-state index in [1.54, 1.807) is 25.2 Å². The number of rotatable bonds is 9. The molecule has 0 saturated heterocycles. The van der Waals surface area contributed by atoms with Crippen LogP contribution in [0, 0.1) is 5.82 Å². The maximum Gasteiger partial charge on any atom is 0.232 e. The first-order valence-electron chi connectivity index (χ1n) is 11.5. The molecule has 0 atom stereocenters. The molecular weight excluding hydrogens is 463 g/mol. The Balaban J connectivity index is 2.06. The summed E-state index contributed by atoms with van der Waals surface area (Å²) >= 11 is 0. The van der Waals surface area contributed by atoms with Crippen molar-refractivity contribution in [2.45, 2.75) is 19.8 Å². The van der Waals surface area contributed by atoms with Gasteiger partial charge in [0.15, 0.2) is 0 Å². The summed E-state index contributed by atoms with van der Waals surface area (Å²) in [6.45, 7) is 6.55. The predicted molar refractivity (Wildman–Crippen MR) is 142 cm³/mol. The van der Waals surface area contributed by atoms with Crippen molar-refractivity contribution in [2.24, 2.45) is 0 Å². The van der Waals surface area contributed by atoms with Gasteiger partial charge in [-0.05, 0) is 42.3 Å². The molecule has 7 heteroatoms. The number of unbranched alkanes of at least 4 members (excludes halogenated alkanes) is 1. The maximum absolute atomic E-state index is 13.6. The molecule has 5 nitrogen and oxygen atoms in total. The van der Waals surface area contributed by atoms with Crippen molar-refractivity contribution in [3.8, 4) is 22.5 Å². The van der Waals surface area contributed by atoms with Crippen LogP contribution in [-0.4, -0.2) is 28.3 Å². The van der Waals surface area contributed by atoms with Gasteiger partial charge >= 0.3 is 0 Å². The highest BCUT2D eigenvalue weighted by atomic mass is 32.2. The van der Waals surface area contributed by atoms with Crippen molar-refractivity contribution < 1.29 is 17.2 Å². The molecule has 4 aromatic rings. The smallest absolute Gasteiger partial charge is 0.232 e. The molecule has 0 aliphatic heterocycles. The third-order valence-corrected chi connectivity index (χ3v) is 7.16. The lowest BCUT2D eigenvalue weighted by atomic mass is 9.97. The molecule has 35 heavy (non-hydrogen) atoms. The average molecular weight is 493 g/mol. The lowest BCUT2D eigenvalue weighted by molar-refractivity contribution is 0.594. The number of furan rings is 1. The monoisotopic (exact) mass is 492 g/mol. The summed E-state index contributed by atoms with van der Waals surface area (Å²) in [4.78, 5) is 0. The molecular formula is C28H29FN2O3S. The van der Waals surface area contributed by atoms with E-state index < -0.39 is 10.0 Å². The molecule has 0 saturated carbocycles. The number of nitrogens with zero attached hydrogens (tertiary/aromatic N) is 1. The minimum Gasteiger partial charge on any atom is -0.455 e. The van der Waals surface area contributed by atoms with Gasteiger partial charge in [-0.1, -0.05) is 50.3 Å². The summed E-state index contributed by atoms with van der Waals surface area (Å²) in [6.07, 6.45) is 2.80. The Hall–Kier alpha value is -3.58. The molecule has 0 unspecified atom stereocenters. The van der Waals surface area contributed by atoms with Crippen molar-refractivity contribution in [3.05, 3.63) is 84.7 Å². The van der Waals surface area contributed by atoms with Gasteiger partial charge < -0.3 is 9.73 Å². The first kappa shape index (κ1) is 24.5. The lowest BCUT2D eigenvalue weighted by Gasteiger charge is -2.25. The number of benzene rings is 3. The minimum atomic E-state index is -3.55. The number of hydrogen-bond donors (Lipinski definition) is 1. The molecule has 0 amide bonds. The van der Waals surface area contributed by atoms with E-state index in [1.165, 1.54) is 22.7 Å². The highest BCUT2D eigenvalue weighted by molar-refractivity contribution is 7.92. The Labute approximate surface area is 205 Å². The lowest BCUT2D eigenvalue weighted by Crippen LogP contribution is -2.31. The van der Waals surface area contributed by atoms with Crippen LogP contribution in [0.1, 0.15) is 25.3 Å². The van der Waals surface area contributed by atoms with Gasteiger partial charge in [0.25, 0.3) is 0 Å². The zero-order valence-corrected chi connectivity index (χ0v) is 21.0. The molecule has 1 heterocycles. The van der Waals surface area contributed by atoms with Crippen molar-refractivity contribution in [3.63, 3.8) is 0 Å². The number of fused-ring (bicyclic) bond motifs is 1. The van der Waals surface area contributed by atoms with Gasteiger partial charge in [-0.2, -0.15) is 0 Å². The molecule has 182 valence electrons. The van der Waals surface area contributed by atoms with Crippen LogP contribution in [0.25, 0.3) is 39.1 Å². The van der Waals surface area contributed by atoms with Crippen LogP contribution in [-0.2, 0) is 10.0 Å². The molecule has 4 rings (SSSR count). The van der Waals surface area contributed by atoms with Crippen molar-refractivity contribution in [2.75, 3.05) is 24.2 Å². The molecule has 0 bridgehead atoms. The number of anilines is 1. The van der Waals surface area contributed by atoms with E-state index in [0.29, 0.717) is 34.8 Å². The van der Waals surface area contributed by atoms with Crippen LogP contribution in [0.5, 0.6) is 0 Å². The topological polar surface area (TPSA) is 62.6 Å². The largest absolute Gasteiger partial charge is 0.455 e. The van der Waals surface area contributed by atoms with Crippen molar-refractivity contribution >= 4 is 32.4 Å². The van der Waals surface area contributed by atoms with E-state index in [1.807, 2.05) is 43.3 Å². The van der Waals surface area contributed by atoms with Gasteiger partial charge in [0.05, 0.1) is 17.5 Å². The quantitative estimate of drug-likeness (QED) is 0.284. The van der Waals surface area contributed by atoms with E-state index in [-0.39, 0.29) is 5.82 Å². The number of nitrogens with one attached hydrogen (secondary N) is 1. The van der Waals surface area contributed by atoms with E-state index >= 15 is 0 Å². The van der Waals surface area contributed by atoms with Crippen LogP contribution in [0.4, 0.5) is 10.1 Å². The minimum absolute atomic E-state index is 0.341. The molecule has 1 N–H and O–H groups in total. The van der Waals surface area contributed by atoms with Gasteiger partial charge in [0.2, 0.25) is 10.0 Å². The normalized spacial score (nSPS) is 11.5. The van der Waals surface area contributed by atoms with Crippen LogP contribution in [0.3, 0.4) is 0 Å². The Morgan fingerprint density at radius 2 is 1.74 bits per heavy atom. The third kappa shape index (κ3) is 4.95. The molecule has 0 aliphatic rings. The van der Waals surface area contributed by atoms with Crippen LogP contribution in [0.15, 0.2) is 77.7 Å². The van der Waals surface area contributed by atoms with Gasteiger partial charge in [0.1, 0.15) is 17.2 Å². The second-order valence-corrected chi connectivity index (χ2v) is 10.4. The Bertz CT molecular complexity index is 1460. The predicted octanol–water partition coefficient (Wildman–Crippen LogP) is 6.66. The first-order chi connectivity index (χ1) is 16.7. The van der Waals surface area contributed by atoms with E-state index in [9.17, 15) is 12.8 Å². The fourth-order valence-corrected chi connectivity index (χ4v) is 5.15. The van der Waals surface area contributed by atoms with E-state index in [0.717, 1.165) is 34.9 Å². The molecule has 0 spiro atoms. The molecule has 0 aliphatic carbocycles. The molecule has 3 aromatic carbocycles. The molecule has 0 radical (unpaired) electrons. The summed E-state index contributed by atoms with van der Waals surface area (Å²) in [5, 5.41) is 3.88. The average Bonchev–Trinajstić information content (AvgIpc) is 3.22. The Morgan fingerprint density at radius 1 is 1.06 bits per heavy atom. The van der Waals surface area contributed by atoms with Crippen molar-refractivity contribution in [1.29, 1.82) is 0 Å². The van der Waals surface area contributed by atoms with Gasteiger partial charge in [-0.3, -0.25) is 4.31 Å². The summed E-state index contributed by atoms with van der Waals surface area (Å²) in [7, 11) is -1.77. The molecule has 0 fully saturated rings. The summed E-state index contributed by atoms with van der Waals surface area (Å²) in [5.41, 5.74) is 4.83. The fourth-order valence-electron chi connectivity index (χ4n) is 4.18. The second-order valence-electron chi connectivity index (χ2n) is 8.46. The van der Waals surface area contributed by atoms with E-state index in [2.05, 4.69) is 11.9 Å². The highest BCUT2D eigenvalue weighted by Gasteiger charge is 2.25. The molecule has 1 aromatic heterocycles. The number of sulfonamides is 1. The zero-order chi connectivity index (χ0) is 25.2. The first-order valence-corrected chi connectivity index (χ1v) is 13.4. The fraction of sp³-hybridized carbons (Fsp3) is 0.214. The Morgan fingerprint density at radius 3 is 2.34 bits per heavy atom. The standard InChI is InChI=1S/C28H29FN2O3S/c1-5-6-16-31(35(4,32)33)25-18-26-24(17-23(25)20-10-8-7-9-11-20)27(19(2)30-3)28(34-26)21-12-14-22(29)15-13-21/h7-15,17-18,30H,2,5-6,16H2,1,3-4H3. The Kier molecular flexibility index (Phi) is 6.98. The highest BCUT2D eigenvalue weighted by Crippen LogP contribution is 2.43. The summed E-state index contributed by atoms with van der Waals surface area (Å²) in [6, 6.07) is 19.5. The zero-order valence-electron chi connectivity index (χ0n) is 20.1. The maximum atomic E-state index is 13.6. The van der Waals surface area contributed by atoms with Crippen LogP contribution < -0.4 is 9.62 Å². The van der Waals surface area contributed by atoms with Crippen LogP contribution >= 0.6 is 0 Å². The van der Waals surface area contributed by atoms with Crippen molar-refractivity contribution in [1.82, 2.24) is 5.32 Å². The summed E-state index contributed by atoms with van der Waals surface area (Å²) < 4.78 is 47.1.